The quantitative estimate of drug-likeness (QED) is 0.111. The zero-order valence-electron chi connectivity index (χ0n) is 67.9. The van der Waals surface area contributed by atoms with E-state index in [1.807, 2.05) is 0 Å². The lowest BCUT2D eigenvalue weighted by Gasteiger charge is -2.66. The molecule has 15 heteroatoms. The summed E-state index contributed by atoms with van der Waals surface area (Å²) in [5.74, 6) is 9.88. The van der Waals surface area contributed by atoms with E-state index in [1.54, 1.807) is 19.3 Å². The first-order chi connectivity index (χ1) is 51.4. The van der Waals surface area contributed by atoms with Crippen molar-refractivity contribution in [3.63, 3.8) is 0 Å². The molecule has 16 saturated carbocycles. The van der Waals surface area contributed by atoms with Crippen LogP contribution in [0.2, 0.25) is 0 Å². The molecule has 0 spiro atoms. The Kier molecular flexibility index (Phi) is 20.1. The van der Waals surface area contributed by atoms with Crippen molar-refractivity contribution in [2.24, 2.45) is 144 Å². The number of aliphatic hydroxyl groups is 6. The van der Waals surface area contributed by atoms with E-state index < -0.39 is 34.1 Å². The summed E-state index contributed by atoms with van der Waals surface area (Å²) >= 11 is 0. The summed E-state index contributed by atoms with van der Waals surface area (Å²) in [5.41, 5.74) is -0.116. The number of rotatable bonds is 5. The third-order valence-corrected chi connectivity index (χ3v) is 40.5. The van der Waals surface area contributed by atoms with Crippen LogP contribution in [0.5, 0.6) is 0 Å². The molecular formula is C93H142O15. The average molecular weight is 1500 g/mol. The van der Waals surface area contributed by atoms with Crippen LogP contribution in [0, 0.1) is 144 Å². The zero-order chi connectivity index (χ0) is 75.8. The van der Waals surface area contributed by atoms with Crippen molar-refractivity contribution in [1.82, 2.24) is 0 Å². The molecule has 4 heterocycles. The third kappa shape index (κ3) is 11.6. The maximum absolute atomic E-state index is 12.2. The standard InChI is InChI=1S/C24H38O3.C23H34O6.C23H34O4.C23H36O2/c1-22-12-4-3-5-17(22)7-8-20-19(22)10-13-23(2)18(11-14-24(20,23)26)16-6-9-21(25)27-15-16;1-20-7-4-18-17(5-8-21(26)12-15(24)3-10-23(18,21)28-2)22(20,27)9-6-16(20)14-11-19(25)29-13-14;1-21-8-5-16(24)12-15(21)3-4-19-18(21)6-9-22(2)17(7-10-23(19,22)26)14-11-20(25)27-13-14;1-22-11-4-3-5-16(22)6-7-17-19-9-8-18(15-13-21(24)25-14-15)23(19,2)12-10-20(17)22/h16-20,26H,3-15H2,1-2H3;11,15-18,24,26-27H,3-10,12-13H2,1-2H3;11,15-19,24,26H,3-10,12-13H2,1-2H3;15-20H,3-14H2,1-2H3/t16-,17-,18+,19-,20+,22-,23+,24-;15-,16+,17?,18?,20+,21-,22-,23-;15-,16+,17-,18?,19?,21+,22-,23+;15-,16-,17-,18+,19+,20-,22-,23+/m0010/s1. The van der Waals surface area contributed by atoms with Crippen LogP contribution in [0.3, 0.4) is 0 Å². The van der Waals surface area contributed by atoms with Gasteiger partial charge in [0.05, 0.1) is 59.8 Å². The number of hydrogen-bond donors (Lipinski definition) is 6. The number of ether oxygens (including phenoxy) is 5. The second kappa shape index (κ2) is 27.9. The molecule has 20 aliphatic rings. The van der Waals surface area contributed by atoms with E-state index in [0.29, 0.717) is 129 Å². The molecular weight excluding hydrogens is 1360 g/mol. The van der Waals surface area contributed by atoms with Crippen LogP contribution in [0.25, 0.3) is 0 Å². The van der Waals surface area contributed by atoms with Crippen LogP contribution in [0.15, 0.2) is 23.3 Å². The Labute approximate surface area is 647 Å². The summed E-state index contributed by atoms with van der Waals surface area (Å²) in [7, 11) is 1.69. The molecule has 108 heavy (non-hydrogen) atoms. The molecule has 0 aromatic heterocycles. The minimum Gasteiger partial charge on any atom is -0.465 e. The number of methoxy groups -OCH3 is 1. The number of esters is 4. The monoisotopic (exact) mass is 1500 g/mol. The van der Waals surface area contributed by atoms with Crippen molar-refractivity contribution < 1.29 is 73.5 Å². The first-order valence-electron chi connectivity index (χ1n) is 45.2. The van der Waals surface area contributed by atoms with Gasteiger partial charge >= 0.3 is 23.9 Å². The molecule has 4 unspecified atom stereocenters. The molecule has 4 aliphatic heterocycles. The van der Waals surface area contributed by atoms with Crippen molar-refractivity contribution in [3.8, 4) is 0 Å². The molecule has 0 aromatic carbocycles. The van der Waals surface area contributed by atoms with Gasteiger partial charge in [0.25, 0.3) is 0 Å². The Bertz CT molecular complexity index is 3490. The molecule has 0 radical (unpaired) electrons. The second-order valence-electron chi connectivity index (χ2n) is 43.3. The Morgan fingerprint density at radius 3 is 1.44 bits per heavy atom. The second-order valence-corrected chi connectivity index (χ2v) is 43.3. The summed E-state index contributed by atoms with van der Waals surface area (Å²) in [5, 5.41) is 68.5. The van der Waals surface area contributed by atoms with Crippen molar-refractivity contribution in [3.05, 3.63) is 23.3 Å². The van der Waals surface area contributed by atoms with Gasteiger partial charge < -0.3 is 54.3 Å². The summed E-state index contributed by atoms with van der Waals surface area (Å²) in [4.78, 5) is 46.5. The summed E-state index contributed by atoms with van der Waals surface area (Å²) in [6.45, 7) is 19.2. The molecule has 15 nitrogen and oxygen atoms in total. The SMILES string of the molecule is CO[C@]12CC[C@H](O)C[C@@]1(O)CCC1C2CC[C@]2(C)[C@@H](C3=CC(=O)OC3)CC[C@]12O.C[C@]12CCCC[C@H]1CC[C@@H]1[C@@H]2CC[C@]2(C)[C@@H]([C@H]3CCC(=O)OC3)CC[C@]12O.C[C@]12CC[C@H](O)C[C@H]1CCC1C2CC[C@]2(C)[C@@H](C3=CC(=O)OC3)CC[C@]12O.C[C@]12CC[C@H]3[C@@H](CC[C@@H]4CCCC[C@@]43C)[C@H]1CC[C@@H]2[C@@H]1COC(=O)C1. The Morgan fingerprint density at radius 2 is 0.852 bits per heavy atom. The zero-order valence-corrected chi connectivity index (χ0v) is 67.9. The highest BCUT2D eigenvalue weighted by atomic mass is 16.5. The molecule has 32 atom stereocenters. The van der Waals surface area contributed by atoms with Crippen LogP contribution < -0.4 is 0 Å². The largest absolute Gasteiger partial charge is 0.465 e. The number of hydrogen-bond acceptors (Lipinski definition) is 15. The average Bonchev–Trinajstić information content (AvgIpc) is 1.33. The lowest BCUT2D eigenvalue weighted by atomic mass is 9.43. The summed E-state index contributed by atoms with van der Waals surface area (Å²) < 4.78 is 27.3. The molecule has 16 aliphatic carbocycles. The van der Waals surface area contributed by atoms with Gasteiger partial charge in [-0.05, 0) is 357 Å². The fraction of sp³-hybridized carbons (Fsp3) is 0.914. The normalized spacial score (nSPS) is 54.8. The van der Waals surface area contributed by atoms with Crippen molar-refractivity contribution in [2.45, 2.75) is 352 Å². The van der Waals surface area contributed by atoms with E-state index >= 15 is 0 Å². The minimum absolute atomic E-state index is 0.0143. The molecule has 0 amide bonds. The molecule has 0 bridgehead atoms. The Hall–Kier alpha value is -2.92. The number of fused-ring (bicyclic) bond motifs is 20. The van der Waals surface area contributed by atoms with E-state index in [-0.39, 0.29) is 75.3 Å². The molecule has 18 fully saturated rings. The number of cyclic esters (lactones) is 4. The van der Waals surface area contributed by atoms with E-state index in [2.05, 4.69) is 48.5 Å². The smallest absolute Gasteiger partial charge is 0.331 e. The Morgan fingerprint density at radius 1 is 0.380 bits per heavy atom. The van der Waals surface area contributed by atoms with Gasteiger partial charge in [-0.15, -0.1) is 0 Å². The molecule has 6 N–H and O–H groups in total. The highest BCUT2D eigenvalue weighted by molar-refractivity contribution is 5.86. The molecule has 0 aromatic rings. The highest BCUT2D eigenvalue weighted by Crippen LogP contribution is 2.75. The van der Waals surface area contributed by atoms with Crippen molar-refractivity contribution in [2.75, 3.05) is 33.5 Å². The fourth-order valence-corrected chi connectivity index (χ4v) is 34.7. The van der Waals surface area contributed by atoms with Gasteiger partial charge in [-0.3, -0.25) is 9.59 Å². The summed E-state index contributed by atoms with van der Waals surface area (Å²) in [6.07, 6.45) is 47.7. The lowest BCUT2D eigenvalue weighted by Crippen LogP contribution is -2.72. The Balaban J connectivity index is 0.000000106. The minimum atomic E-state index is -1.03. The maximum Gasteiger partial charge on any atom is 0.331 e. The fourth-order valence-electron chi connectivity index (χ4n) is 34.7. The van der Waals surface area contributed by atoms with E-state index in [0.717, 1.165) is 149 Å². The molecule has 2 saturated heterocycles. The van der Waals surface area contributed by atoms with Gasteiger partial charge in [0.1, 0.15) is 13.2 Å². The van der Waals surface area contributed by atoms with Crippen LogP contribution in [-0.2, 0) is 42.9 Å². The predicted octanol–water partition coefficient (Wildman–Crippen LogP) is 16.4. The van der Waals surface area contributed by atoms with Crippen molar-refractivity contribution >= 4 is 23.9 Å². The third-order valence-electron chi connectivity index (χ3n) is 40.5. The first-order valence-corrected chi connectivity index (χ1v) is 45.2. The van der Waals surface area contributed by atoms with E-state index in [1.165, 1.54) is 122 Å². The predicted molar refractivity (Wildman–Crippen MR) is 410 cm³/mol. The molecule has 604 valence electrons. The van der Waals surface area contributed by atoms with Crippen LogP contribution >= 0.6 is 0 Å². The van der Waals surface area contributed by atoms with Crippen molar-refractivity contribution in [1.29, 1.82) is 0 Å². The van der Waals surface area contributed by atoms with Gasteiger partial charge in [0, 0.05) is 48.9 Å². The van der Waals surface area contributed by atoms with Gasteiger partial charge in [-0.25, -0.2) is 9.59 Å². The van der Waals surface area contributed by atoms with Crippen LogP contribution in [0.1, 0.15) is 312 Å². The summed E-state index contributed by atoms with van der Waals surface area (Å²) in [6, 6.07) is 0. The maximum atomic E-state index is 12.2. The number of carbonyl (C=O) groups is 4. The topological polar surface area (TPSA) is 236 Å². The van der Waals surface area contributed by atoms with Gasteiger partial charge in [-0.1, -0.05) is 74.1 Å². The van der Waals surface area contributed by atoms with E-state index in [9.17, 15) is 49.8 Å². The van der Waals surface area contributed by atoms with Crippen LogP contribution in [-0.4, -0.2) is 128 Å². The van der Waals surface area contributed by atoms with Gasteiger partial charge in [0.2, 0.25) is 0 Å². The molecule has 20 rings (SSSR count). The number of carbonyl (C=O) groups excluding carboxylic acids is 4. The van der Waals surface area contributed by atoms with Gasteiger partial charge in [-0.2, -0.15) is 0 Å². The van der Waals surface area contributed by atoms with Crippen LogP contribution in [0.4, 0.5) is 0 Å². The first kappa shape index (κ1) is 77.6. The van der Waals surface area contributed by atoms with E-state index in [4.69, 9.17) is 23.7 Å². The highest BCUT2D eigenvalue weighted by Gasteiger charge is 2.74. The lowest BCUT2D eigenvalue weighted by molar-refractivity contribution is -0.297. The number of aliphatic hydroxyl groups excluding tert-OH is 2. The van der Waals surface area contributed by atoms with Gasteiger partial charge in [0.15, 0.2) is 0 Å².